The van der Waals surface area contributed by atoms with Crippen LogP contribution in [0.25, 0.3) is 0 Å². The van der Waals surface area contributed by atoms with Gasteiger partial charge in [-0.15, -0.1) is 0 Å². The minimum atomic E-state index is -0.159. The van der Waals surface area contributed by atoms with E-state index in [9.17, 15) is 0 Å². The van der Waals surface area contributed by atoms with Gasteiger partial charge < -0.3 is 16.8 Å². The van der Waals surface area contributed by atoms with Gasteiger partial charge in [-0.2, -0.15) is 0 Å². The van der Waals surface area contributed by atoms with Crippen molar-refractivity contribution in [3.05, 3.63) is 0 Å². The van der Waals surface area contributed by atoms with Crippen LogP contribution in [0.2, 0.25) is 0 Å². The average molecular weight is 200 g/mol. The molecule has 14 heavy (non-hydrogen) atoms. The van der Waals surface area contributed by atoms with Crippen LogP contribution in [0.1, 0.15) is 26.7 Å². The predicted molar refractivity (Wildman–Crippen MR) is 59.9 cm³/mol. The van der Waals surface area contributed by atoms with Gasteiger partial charge in [0, 0.05) is 18.1 Å². The molecule has 0 spiro atoms. The van der Waals surface area contributed by atoms with E-state index >= 15 is 0 Å². The summed E-state index contributed by atoms with van der Waals surface area (Å²) in [7, 11) is 2.08. The third kappa shape index (κ3) is 3.53. The molecule has 1 fully saturated rings. The van der Waals surface area contributed by atoms with Crippen LogP contribution in [0.4, 0.5) is 0 Å². The second kappa shape index (κ2) is 4.57. The summed E-state index contributed by atoms with van der Waals surface area (Å²) in [5.41, 5.74) is 11.9. The second-order valence-electron chi connectivity index (χ2n) is 5.11. The van der Waals surface area contributed by atoms with Crippen molar-refractivity contribution < 1.29 is 0 Å². The Kier molecular flexibility index (Phi) is 3.89. The van der Waals surface area contributed by atoms with Gasteiger partial charge in [0.1, 0.15) is 0 Å². The highest BCUT2D eigenvalue weighted by Crippen LogP contribution is 2.11. The van der Waals surface area contributed by atoms with Crippen molar-refractivity contribution in [2.24, 2.45) is 11.5 Å². The van der Waals surface area contributed by atoms with E-state index in [0.717, 1.165) is 19.5 Å². The van der Waals surface area contributed by atoms with Gasteiger partial charge >= 0.3 is 0 Å². The lowest BCUT2D eigenvalue weighted by Crippen LogP contribution is -2.60. The first-order chi connectivity index (χ1) is 6.40. The summed E-state index contributed by atoms with van der Waals surface area (Å²) in [5.74, 6) is 0. The van der Waals surface area contributed by atoms with E-state index in [1.54, 1.807) is 0 Å². The molecular formula is C10H24N4. The van der Waals surface area contributed by atoms with Gasteiger partial charge in [-0.05, 0) is 40.3 Å². The summed E-state index contributed by atoms with van der Waals surface area (Å²) in [5, 5.41) is 3.44. The highest BCUT2D eigenvalue weighted by molar-refractivity contribution is 4.86. The van der Waals surface area contributed by atoms with Crippen LogP contribution in [0.3, 0.4) is 0 Å². The molecule has 0 bridgehead atoms. The van der Waals surface area contributed by atoms with Gasteiger partial charge in [0.05, 0.1) is 6.17 Å². The van der Waals surface area contributed by atoms with E-state index in [-0.39, 0.29) is 17.7 Å². The summed E-state index contributed by atoms with van der Waals surface area (Å²) in [6, 6.07) is 0.232. The molecule has 1 rings (SSSR count). The van der Waals surface area contributed by atoms with Gasteiger partial charge in [-0.25, -0.2) is 0 Å². The molecular weight excluding hydrogens is 176 g/mol. The molecule has 0 aromatic carbocycles. The second-order valence-corrected chi connectivity index (χ2v) is 5.11. The number of rotatable bonds is 3. The lowest BCUT2D eigenvalue weighted by molar-refractivity contribution is 0.127. The van der Waals surface area contributed by atoms with E-state index in [1.165, 1.54) is 6.42 Å². The molecule has 0 radical (unpaired) electrons. The molecule has 0 amide bonds. The van der Waals surface area contributed by atoms with Crippen molar-refractivity contribution in [3.8, 4) is 0 Å². The zero-order chi connectivity index (χ0) is 10.8. The van der Waals surface area contributed by atoms with Crippen LogP contribution in [0, 0.1) is 0 Å². The SMILES string of the molecule is CN(CC(C)(C)N)C1NCCC[C@H]1N. The largest absolute Gasteiger partial charge is 0.325 e. The zero-order valence-corrected chi connectivity index (χ0v) is 9.59. The van der Waals surface area contributed by atoms with E-state index in [1.807, 2.05) is 13.8 Å². The van der Waals surface area contributed by atoms with Crippen LogP contribution in [0.5, 0.6) is 0 Å². The Balaban J connectivity index is 2.46. The molecule has 2 atom stereocenters. The fourth-order valence-electron chi connectivity index (χ4n) is 2.12. The normalized spacial score (nSPS) is 29.6. The first-order valence-corrected chi connectivity index (χ1v) is 5.38. The summed E-state index contributed by atoms with van der Waals surface area (Å²) >= 11 is 0. The van der Waals surface area contributed by atoms with Crippen molar-refractivity contribution in [3.63, 3.8) is 0 Å². The number of piperidine rings is 1. The van der Waals surface area contributed by atoms with E-state index < -0.39 is 0 Å². The Morgan fingerprint density at radius 1 is 1.50 bits per heavy atom. The third-order valence-electron chi connectivity index (χ3n) is 2.61. The van der Waals surface area contributed by atoms with Crippen molar-refractivity contribution in [1.29, 1.82) is 0 Å². The molecule has 5 N–H and O–H groups in total. The average Bonchev–Trinajstić information content (AvgIpc) is 2.01. The first-order valence-electron chi connectivity index (χ1n) is 5.38. The van der Waals surface area contributed by atoms with Crippen LogP contribution in [-0.4, -0.2) is 42.8 Å². The minimum Gasteiger partial charge on any atom is -0.325 e. The fraction of sp³-hybridized carbons (Fsp3) is 1.00. The summed E-state index contributed by atoms with van der Waals surface area (Å²) < 4.78 is 0. The van der Waals surface area contributed by atoms with Gasteiger partial charge in [-0.1, -0.05) is 0 Å². The van der Waals surface area contributed by atoms with Crippen LogP contribution in [0.15, 0.2) is 0 Å². The smallest absolute Gasteiger partial charge is 0.0751 e. The number of likely N-dealkylation sites (N-methyl/N-ethyl adjacent to an activating group) is 1. The molecule has 4 nitrogen and oxygen atoms in total. The van der Waals surface area contributed by atoms with E-state index in [2.05, 4.69) is 17.3 Å². The molecule has 84 valence electrons. The number of nitrogens with one attached hydrogen (secondary N) is 1. The maximum Gasteiger partial charge on any atom is 0.0751 e. The molecule has 1 saturated heterocycles. The molecule has 0 aromatic heterocycles. The Morgan fingerprint density at radius 3 is 2.64 bits per heavy atom. The Bertz CT molecular complexity index is 175. The van der Waals surface area contributed by atoms with Gasteiger partial charge in [0.15, 0.2) is 0 Å². The maximum absolute atomic E-state index is 6.05. The van der Waals surface area contributed by atoms with E-state index in [0.29, 0.717) is 0 Å². The predicted octanol–water partition coefficient (Wildman–Crippen LogP) is -0.308. The molecule has 1 unspecified atom stereocenters. The molecule has 4 heteroatoms. The number of nitrogens with zero attached hydrogens (tertiary/aromatic N) is 1. The number of hydrogen-bond donors (Lipinski definition) is 3. The summed E-state index contributed by atoms with van der Waals surface area (Å²) in [6.45, 7) is 6.00. The third-order valence-corrected chi connectivity index (χ3v) is 2.61. The quantitative estimate of drug-likeness (QED) is 0.585. The number of hydrogen-bond acceptors (Lipinski definition) is 4. The van der Waals surface area contributed by atoms with Crippen LogP contribution < -0.4 is 16.8 Å². The standard InChI is InChI=1S/C10H24N4/c1-10(2,12)7-14(3)9-8(11)5-4-6-13-9/h8-9,13H,4-7,11-12H2,1-3H3/t8-,9?/m1/s1. The molecule has 0 aliphatic carbocycles. The molecule has 0 aromatic rings. The van der Waals surface area contributed by atoms with Crippen molar-refractivity contribution in [2.45, 2.75) is 44.4 Å². The van der Waals surface area contributed by atoms with Gasteiger partial charge in [0.2, 0.25) is 0 Å². The maximum atomic E-state index is 6.05. The van der Waals surface area contributed by atoms with Gasteiger partial charge in [0.25, 0.3) is 0 Å². The lowest BCUT2D eigenvalue weighted by Gasteiger charge is -2.39. The van der Waals surface area contributed by atoms with Crippen molar-refractivity contribution >= 4 is 0 Å². The summed E-state index contributed by atoms with van der Waals surface area (Å²) in [6.07, 6.45) is 2.57. The Morgan fingerprint density at radius 2 is 2.14 bits per heavy atom. The molecule has 1 aliphatic rings. The first kappa shape index (κ1) is 11.9. The topological polar surface area (TPSA) is 67.3 Å². The van der Waals surface area contributed by atoms with Gasteiger partial charge in [-0.3, -0.25) is 4.90 Å². The number of nitrogens with two attached hydrogens (primary N) is 2. The highest BCUT2D eigenvalue weighted by Gasteiger charge is 2.27. The Hall–Kier alpha value is -0.160. The van der Waals surface area contributed by atoms with Crippen LogP contribution >= 0.6 is 0 Å². The summed E-state index contributed by atoms with van der Waals surface area (Å²) in [4.78, 5) is 2.23. The van der Waals surface area contributed by atoms with E-state index in [4.69, 9.17) is 11.5 Å². The minimum absolute atomic E-state index is 0.159. The Labute approximate surface area is 87.0 Å². The molecule has 1 aliphatic heterocycles. The highest BCUT2D eigenvalue weighted by atomic mass is 15.3. The van der Waals surface area contributed by atoms with Crippen molar-refractivity contribution in [1.82, 2.24) is 10.2 Å². The van der Waals surface area contributed by atoms with Crippen LogP contribution in [-0.2, 0) is 0 Å². The fourth-order valence-corrected chi connectivity index (χ4v) is 2.12. The monoisotopic (exact) mass is 200 g/mol. The van der Waals surface area contributed by atoms with Crippen molar-refractivity contribution in [2.75, 3.05) is 20.1 Å². The molecule has 0 saturated carbocycles. The molecule has 1 heterocycles. The zero-order valence-electron chi connectivity index (χ0n) is 9.59. The lowest BCUT2D eigenvalue weighted by atomic mass is 10.0.